The highest BCUT2D eigenvalue weighted by Gasteiger charge is 2.13. The Bertz CT molecular complexity index is 1120. The predicted molar refractivity (Wildman–Crippen MR) is 107 cm³/mol. The van der Waals surface area contributed by atoms with E-state index >= 15 is 0 Å². The van der Waals surface area contributed by atoms with E-state index in [0.29, 0.717) is 29.1 Å². The molecule has 0 saturated heterocycles. The van der Waals surface area contributed by atoms with Crippen LogP contribution in [0.15, 0.2) is 72.9 Å². The number of primary amides is 1. The Morgan fingerprint density at radius 2 is 1.81 bits per heavy atom. The van der Waals surface area contributed by atoms with Gasteiger partial charge in [0.05, 0.1) is 11.1 Å². The molecule has 27 heavy (non-hydrogen) atoms. The van der Waals surface area contributed by atoms with E-state index in [9.17, 15) is 4.79 Å². The van der Waals surface area contributed by atoms with Gasteiger partial charge < -0.3 is 21.2 Å². The first kappa shape index (κ1) is 16.7. The molecule has 1 aromatic heterocycles. The van der Waals surface area contributed by atoms with Gasteiger partial charge in [-0.05, 0) is 41.0 Å². The normalized spacial score (nSPS) is 10.8. The first-order valence-corrected chi connectivity index (χ1v) is 8.59. The molecule has 0 fully saturated rings. The Labute approximate surface area is 156 Å². The van der Waals surface area contributed by atoms with Gasteiger partial charge in [-0.3, -0.25) is 4.79 Å². The molecule has 1 heterocycles. The minimum atomic E-state index is -0.464. The summed E-state index contributed by atoms with van der Waals surface area (Å²) in [6.07, 6.45) is 1.79. The molecule has 0 bridgehead atoms. The van der Waals surface area contributed by atoms with E-state index in [1.807, 2.05) is 54.6 Å². The van der Waals surface area contributed by atoms with E-state index in [1.54, 1.807) is 18.3 Å². The minimum absolute atomic E-state index is 0.461. The lowest BCUT2D eigenvalue weighted by Gasteiger charge is -2.12. The van der Waals surface area contributed by atoms with E-state index in [1.165, 1.54) is 0 Å². The van der Waals surface area contributed by atoms with Crippen LogP contribution in [-0.2, 0) is 6.61 Å². The summed E-state index contributed by atoms with van der Waals surface area (Å²) in [4.78, 5) is 14.7. The SMILES string of the molecule is NC(=O)c1ccc(-c2cc(N)cc(OCc3ccccc3)c2)c2cc[nH]c12. The lowest BCUT2D eigenvalue weighted by atomic mass is 9.98. The van der Waals surface area contributed by atoms with Gasteiger partial charge in [0.1, 0.15) is 12.4 Å². The first-order chi connectivity index (χ1) is 13.1. The van der Waals surface area contributed by atoms with Gasteiger partial charge in [0.2, 0.25) is 0 Å². The zero-order chi connectivity index (χ0) is 18.8. The van der Waals surface area contributed by atoms with Crippen LogP contribution in [0.25, 0.3) is 22.0 Å². The predicted octanol–water partition coefficient (Wildman–Crippen LogP) is 4.10. The third-order valence-electron chi connectivity index (χ3n) is 4.48. The van der Waals surface area contributed by atoms with Crippen molar-refractivity contribution in [2.75, 3.05) is 5.73 Å². The van der Waals surface area contributed by atoms with Crippen molar-refractivity contribution in [2.45, 2.75) is 6.61 Å². The zero-order valence-corrected chi connectivity index (χ0v) is 14.6. The third-order valence-corrected chi connectivity index (χ3v) is 4.48. The van der Waals surface area contributed by atoms with E-state index in [2.05, 4.69) is 4.98 Å². The minimum Gasteiger partial charge on any atom is -0.489 e. The maximum absolute atomic E-state index is 11.7. The summed E-state index contributed by atoms with van der Waals surface area (Å²) in [5.41, 5.74) is 16.3. The van der Waals surface area contributed by atoms with Gasteiger partial charge in [-0.25, -0.2) is 0 Å². The number of H-pyrrole nitrogens is 1. The molecule has 1 amide bonds. The van der Waals surface area contributed by atoms with Crippen LogP contribution in [0.4, 0.5) is 5.69 Å². The Morgan fingerprint density at radius 3 is 2.59 bits per heavy atom. The summed E-state index contributed by atoms with van der Waals surface area (Å²) < 4.78 is 5.93. The summed E-state index contributed by atoms with van der Waals surface area (Å²) >= 11 is 0. The fraction of sp³-hybridized carbons (Fsp3) is 0.0455. The van der Waals surface area contributed by atoms with Gasteiger partial charge in [0.15, 0.2) is 0 Å². The molecule has 0 spiro atoms. The van der Waals surface area contributed by atoms with E-state index in [0.717, 1.165) is 22.1 Å². The number of rotatable bonds is 5. The number of benzene rings is 3. The number of ether oxygens (including phenoxy) is 1. The van der Waals surface area contributed by atoms with Crippen LogP contribution in [0.2, 0.25) is 0 Å². The van der Waals surface area contributed by atoms with Gasteiger partial charge in [0.25, 0.3) is 5.91 Å². The van der Waals surface area contributed by atoms with Crippen molar-refractivity contribution in [1.82, 2.24) is 4.98 Å². The number of fused-ring (bicyclic) bond motifs is 1. The summed E-state index contributed by atoms with van der Waals surface area (Å²) in [7, 11) is 0. The Kier molecular flexibility index (Phi) is 4.26. The standard InChI is InChI=1S/C22H19N3O2/c23-16-10-15(11-17(12-16)27-13-14-4-2-1-3-5-14)18-6-7-20(22(24)26)21-19(18)8-9-25-21/h1-12,25H,13,23H2,(H2,24,26). The van der Waals surface area contributed by atoms with Gasteiger partial charge in [-0.15, -0.1) is 0 Å². The molecule has 0 radical (unpaired) electrons. The first-order valence-electron chi connectivity index (χ1n) is 8.59. The zero-order valence-electron chi connectivity index (χ0n) is 14.6. The average molecular weight is 357 g/mol. The number of nitrogen functional groups attached to an aromatic ring is 1. The molecule has 3 aromatic carbocycles. The lowest BCUT2D eigenvalue weighted by molar-refractivity contribution is 0.100. The molecule has 4 rings (SSSR count). The van der Waals surface area contributed by atoms with Crippen molar-refractivity contribution >= 4 is 22.5 Å². The van der Waals surface area contributed by atoms with Crippen molar-refractivity contribution < 1.29 is 9.53 Å². The Hall–Kier alpha value is -3.73. The highest BCUT2D eigenvalue weighted by atomic mass is 16.5. The number of aromatic nitrogens is 1. The fourth-order valence-corrected chi connectivity index (χ4v) is 3.22. The molecule has 134 valence electrons. The van der Waals surface area contributed by atoms with Gasteiger partial charge >= 0.3 is 0 Å². The van der Waals surface area contributed by atoms with Crippen LogP contribution in [0.5, 0.6) is 5.75 Å². The van der Waals surface area contributed by atoms with Crippen molar-refractivity contribution in [3.8, 4) is 16.9 Å². The summed E-state index contributed by atoms with van der Waals surface area (Å²) in [5, 5.41) is 0.908. The van der Waals surface area contributed by atoms with Crippen LogP contribution in [0.1, 0.15) is 15.9 Å². The molecule has 0 aliphatic carbocycles. The molecular formula is C22H19N3O2. The van der Waals surface area contributed by atoms with Crippen molar-refractivity contribution in [3.63, 3.8) is 0 Å². The molecule has 0 saturated carbocycles. The maximum Gasteiger partial charge on any atom is 0.250 e. The number of aromatic amines is 1. The maximum atomic E-state index is 11.7. The smallest absolute Gasteiger partial charge is 0.250 e. The molecule has 0 atom stereocenters. The fourth-order valence-electron chi connectivity index (χ4n) is 3.22. The number of nitrogens with two attached hydrogens (primary N) is 2. The molecule has 4 aromatic rings. The number of carbonyl (C=O) groups is 1. The molecule has 0 unspecified atom stereocenters. The number of nitrogens with one attached hydrogen (secondary N) is 1. The number of amides is 1. The molecule has 5 N–H and O–H groups in total. The van der Waals surface area contributed by atoms with Crippen molar-refractivity contribution in [3.05, 3.63) is 84.1 Å². The largest absolute Gasteiger partial charge is 0.489 e. The summed E-state index contributed by atoms with van der Waals surface area (Å²) in [6, 6.07) is 21.1. The van der Waals surface area contributed by atoms with E-state index in [4.69, 9.17) is 16.2 Å². The quantitative estimate of drug-likeness (QED) is 0.469. The lowest BCUT2D eigenvalue weighted by Crippen LogP contribution is -2.11. The van der Waals surface area contributed by atoms with Crippen LogP contribution in [-0.4, -0.2) is 10.9 Å². The highest BCUT2D eigenvalue weighted by Crippen LogP contribution is 2.34. The van der Waals surface area contributed by atoms with E-state index in [-0.39, 0.29) is 0 Å². The van der Waals surface area contributed by atoms with Crippen LogP contribution in [0, 0.1) is 0 Å². The van der Waals surface area contributed by atoms with Gasteiger partial charge in [0, 0.05) is 23.3 Å². The second-order valence-corrected chi connectivity index (χ2v) is 6.36. The number of hydrogen-bond donors (Lipinski definition) is 3. The average Bonchev–Trinajstić information content (AvgIpc) is 3.15. The number of anilines is 1. The third kappa shape index (κ3) is 3.35. The second-order valence-electron chi connectivity index (χ2n) is 6.36. The van der Waals surface area contributed by atoms with Gasteiger partial charge in [-0.2, -0.15) is 0 Å². The topological polar surface area (TPSA) is 94.1 Å². The highest BCUT2D eigenvalue weighted by molar-refractivity contribution is 6.09. The van der Waals surface area contributed by atoms with Crippen molar-refractivity contribution in [2.24, 2.45) is 5.73 Å². The summed E-state index contributed by atoms with van der Waals surface area (Å²) in [6.45, 7) is 0.462. The molecule has 0 aliphatic rings. The van der Waals surface area contributed by atoms with Gasteiger partial charge in [-0.1, -0.05) is 36.4 Å². The van der Waals surface area contributed by atoms with Crippen LogP contribution in [0.3, 0.4) is 0 Å². The van der Waals surface area contributed by atoms with E-state index < -0.39 is 5.91 Å². The summed E-state index contributed by atoms with van der Waals surface area (Å²) in [5.74, 6) is 0.227. The molecule has 5 heteroatoms. The van der Waals surface area contributed by atoms with Crippen LogP contribution >= 0.6 is 0 Å². The Morgan fingerprint density at radius 1 is 1.00 bits per heavy atom. The number of hydrogen-bond acceptors (Lipinski definition) is 3. The molecule has 0 aliphatic heterocycles. The molecule has 5 nitrogen and oxygen atoms in total. The Balaban J connectivity index is 1.71. The van der Waals surface area contributed by atoms with Crippen molar-refractivity contribution in [1.29, 1.82) is 0 Å². The monoisotopic (exact) mass is 357 g/mol. The molecular weight excluding hydrogens is 338 g/mol. The number of carbonyl (C=O) groups excluding carboxylic acids is 1. The second kappa shape index (κ2) is 6.88. The van der Waals surface area contributed by atoms with Crippen LogP contribution < -0.4 is 16.2 Å².